The van der Waals surface area contributed by atoms with E-state index in [4.69, 9.17) is 0 Å². The van der Waals surface area contributed by atoms with E-state index in [1.807, 2.05) is 30.3 Å². The van der Waals surface area contributed by atoms with Gasteiger partial charge in [-0.25, -0.2) is 0 Å². The number of Topliss-reactive ketones (excluding diaryl/α,β-unsaturated/α-hetero) is 1. The van der Waals surface area contributed by atoms with Crippen molar-refractivity contribution < 1.29 is 4.79 Å². The van der Waals surface area contributed by atoms with E-state index in [-0.39, 0.29) is 5.92 Å². The average Bonchev–Trinajstić information content (AvgIpc) is 2.30. The van der Waals surface area contributed by atoms with Crippen LogP contribution < -0.4 is 5.32 Å². The number of piperidine rings is 1. The van der Waals surface area contributed by atoms with Gasteiger partial charge in [-0.05, 0) is 25.4 Å². The van der Waals surface area contributed by atoms with Gasteiger partial charge in [-0.2, -0.15) is 0 Å². The highest BCUT2D eigenvalue weighted by atomic mass is 16.1. The molecule has 1 fully saturated rings. The summed E-state index contributed by atoms with van der Waals surface area (Å²) in [7, 11) is 0. The van der Waals surface area contributed by atoms with Gasteiger partial charge in [0.2, 0.25) is 0 Å². The molecule has 1 aromatic carbocycles. The Balaban J connectivity index is 2.13. The second-order valence-electron chi connectivity index (χ2n) is 4.31. The lowest BCUT2D eigenvalue weighted by molar-refractivity contribution is 0.0848. The maximum atomic E-state index is 12.2. The Morgan fingerprint density at radius 2 is 2.07 bits per heavy atom. The fourth-order valence-corrected chi connectivity index (χ4v) is 2.22. The Hall–Kier alpha value is -1.15. The van der Waals surface area contributed by atoms with Crippen molar-refractivity contribution >= 4 is 5.78 Å². The summed E-state index contributed by atoms with van der Waals surface area (Å²) in [5, 5.41) is 3.32. The fraction of sp³-hybridized carbons (Fsp3) is 0.462. The highest BCUT2D eigenvalue weighted by Gasteiger charge is 2.27. The van der Waals surface area contributed by atoms with E-state index in [2.05, 4.69) is 12.2 Å². The van der Waals surface area contributed by atoms with Crippen LogP contribution in [0.3, 0.4) is 0 Å². The standard InChI is InChI=1S/C13H17NO/c1-10-9-14-8-7-12(10)13(15)11-5-3-2-4-6-11/h2-6,10,12,14H,7-9H2,1H3. The molecule has 0 spiro atoms. The Morgan fingerprint density at radius 1 is 1.33 bits per heavy atom. The molecule has 2 heteroatoms. The molecule has 1 heterocycles. The van der Waals surface area contributed by atoms with Crippen molar-refractivity contribution in [1.29, 1.82) is 0 Å². The van der Waals surface area contributed by atoms with Crippen molar-refractivity contribution in [2.24, 2.45) is 11.8 Å². The number of ketones is 1. The molecule has 2 nitrogen and oxygen atoms in total. The zero-order valence-corrected chi connectivity index (χ0v) is 9.07. The van der Waals surface area contributed by atoms with E-state index in [9.17, 15) is 4.79 Å². The van der Waals surface area contributed by atoms with Crippen molar-refractivity contribution in [2.75, 3.05) is 13.1 Å². The summed E-state index contributed by atoms with van der Waals surface area (Å²) in [6.07, 6.45) is 0.967. The third-order valence-electron chi connectivity index (χ3n) is 3.18. The van der Waals surface area contributed by atoms with E-state index in [1.165, 1.54) is 0 Å². The van der Waals surface area contributed by atoms with Crippen LogP contribution in [-0.2, 0) is 0 Å². The smallest absolute Gasteiger partial charge is 0.166 e. The third kappa shape index (κ3) is 2.26. The Kier molecular flexibility index (Phi) is 3.17. The van der Waals surface area contributed by atoms with Crippen LogP contribution in [0.25, 0.3) is 0 Å². The molecule has 2 unspecified atom stereocenters. The molecule has 0 aliphatic carbocycles. The van der Waals surface area contributed by atoms with Gasteiger partial charge in [0.15, 0.2) is 5.78 Å². The number of carbonyl (C=O) groups is 1. The van der Waals surface area contributed by atoms with E-state index >= 15 is 0 Å². The first-order valence-corrected chi connectivity index (χ1v) is 5.59. The third-order valence-corrected chi connectivity index (χ3v) is 3.18. The largest absolute Gasteiger partial charge is 0.316 e. The SMILES string of the molecule is CC1CNCCC1C(=O)c1ccccc1. The van der Waals surface area contributed by atoms with Crippen LogP contribution in [-0.4, -0.2) is 18.9 Å². The minimum absolute atomic E-state index is 0.202. The topological polar surface area (TPSA) is 29.1 Å². The predicted molar refractivity (Wildman–Crippen MR) is 60.9 cm³/mol. The lowest BCUT2D eigenvalue weighted by Gasteiger charge is -2.28. The molecule has 2 atom stereocenters. The van der Waals surface area contributed by atoms with Gasteiger partial charge in [0.05, 0.1) is 0 Å². The van der Waals surface area contributed by atoms with Crippen molar-refractivity contribution in [3.05, 3.63) is 35.9 Å². The minimum atomic E-state index is 0.202. The first-order chi connectivity index (χ1) is 7.29. The maximum Gasteiger partial charge on any atom is 0.166 e. The Labute approximate surface area is 90.7 Å². The van der Waals surface area contributed by atoms with Crippen LogP contribution in [0.5, 0.6) is 0 Å². The van der Waals surface area contributed by atoms with E-state index in [0.717, 1.165) is 25.1 Å². The van der Waals surface area contributed by atoms with Crippen molar-refractivity contribution in [3.63, 3.8) is 0 Å². The van der Waals surface area contributed by atoms with Gasteiger partial charge in [-0.15, -0.1) is 0 Å². The number of hydrogen-bond acceptors (Lipinski definition) is 2. The van der Waals surface area contributed by atoms with Crippen LogP contribution in [0.4, 0.5) is 0 Å². The highest BCUT2D eigenvalue weighted by Crippen LogP contribution is 2.22. The predicted octanol–water partition coefficient (Wildman–Crippen LogP) is 2.11. The molecule has 0 aromatic heterocycles. The van der Waals surface area contributed by atoms with Gasteiger partial charge in [-0.1, -0.05) is 37.3 Å². The number of rotatable bonds is 2. The summed E-state index contributed by atoms with van der Waals surface area (Å²) in [4.78, 5) is 12.2. The van der Waals surface area contributed by atoms with Gasteiger partial charge in [0.1, 0.15) is 0 Å². The van der Waals surface area contributed by atoms with Crippen LogP contribution in [0.15, 0.2) is 30.3 Å². The molecule has 0 saturated carbocycles. The lowest BCUT2D eigenvalue weighted by atomic mass is 9.82. The van der Waals surface area contributed by atoms with Gasteiger partial charge in [0, 0.05) is 11.5 Å². The minimum Gasteiger partial charge on any atom is -0.316 e. The molecule has 1 saturated heterocycles. The summed E-state index contributed by atoms with van der Waals surface area (Å²) < 4.78 is 0. The molecule has 80 valence electrons. The van der Waals surface area contributed by atoms with Crippen molar-refractivity contribution in [2.45, 2.75) is 13.3 Å². The maximum absolute atomic E-state index is 12.2. The van der Waals surface area contributed by atoms with E-state index < -0.39 is 0 Å². The van der Waals surface area contributed by atoms with Gasteiger partial charge in [-0.3, -0.25) is 4.79 Å². The first-order valence-electron chi connectivity index (χ1n) is 5.59. The molecule has 0 bridgehead atoms. The highest BCUT2D eigenvalue weighted by molar-refractivity contribution is 5.98. The molecule has 1 N–H and O–H groups in total. The normalized spacial score (nSPS) is 26.2. The quantitative estimate of drug-likeness (QED) is 0.746. The first kappa shape index (κ1) is 10.4. The van der Waals surface area contributed by atoms with Crippen molar-refractivity contribution in [1.82, 2.24) is 5.32 Å². The zero-order valence-electron chi connectivity index (χ0n) is 9.07. The molecular formula is C13H17NO. The zero-order chi connectivity index (χ0) is 10.7. The Morgan fingerprint density at radius 3 is 2.73 bits per heavy atom. The van der Waals surface area contributed by atoms with Crippen LogP contribution >= 0.6 is 0 Å². The van der Waals surface area contributed by atoms with Gasteiger partial charge >= 0.3 is 0 Å². The summed E-state index contributed by atoms with van der Waals surface area (Å²) in [5.41, 5.74) is 0.858. The summed E-state index contributed by atoms with van der Waals surface area (Å²) >= 11 is 0. The monoisotopic (exact) mass is 203 g/mol. The molecule has 2 rings (SSSR count). The summed E-state index contributed by atoms with van der Waals surface area (Å²) in [6.45, 7) is 4.08. The second kappa shape index (κ2) is 4.58. The van der Waals surface area contributed by atoms with Crippen LogP contribution in [0.1, 0.15) is 23.7 Å². The second-order valence-corrected chi connectivity index (χ2v) is 4.31. The number of hydrogen-bond donors (Lipinski definition) is 1. The van der Waals surface area contributed by atoms with E-state index in [0.29, 0.717) is 11.7 Å². The van der Waals surface area contributed by atoms with Crippen LogP contribution in [0, 0.1) is 11.8 Å². The average molecular weight is 203 g/mol. The summed E-state index contributed by atoms with van der Waals surface area (Å²) in [6, 6.07) is 9.63. The van der Waals surface area contributed by atoms with Crippen LogP contribution in [0.2, 0.25) is 0 Å². The number of nitrogens with one attached hydrogen (secondary N) is 1. The number of benzene rings is 1. The molecule has 1 aliphatic heterocycles. The molecule has 1 aromatic rings. The fourth-order valence-electron chi connectivity index (χ4n) is 2.22. The Bertz CT molecular complexity index is 334. The van der Waals surface area contributed by atoms with Gasteiger partial charge in [0.25, 0.3) is 0 Å². The molecule has 0 amide bonds. The molecule has 0 radical (unpaired) electrons. The lowest BCUT2D eigenvalue weighted by Crippen LogP contribution is -2.38. The molecule has 1 aliphatic rings. The summed E-state index contributed by atoms with van der Waals surface area (Å²) in [5.74, 6) is 0.963. The number of carbonyl (C=O) groups excluding carboxylic acids is 1. The van der Waals surface area contributed by atoms with Crippen molar-refractivity contribution in [3.8, 4) is 0 Å². The molecular weight excluding hydrogens is 186 g/mol. The van der Waals surface area contributed by atoms with E-state index in [1.54, 1.807) is 0 Å². The molecule has 15 heavy (non-hydrogen) atoms. The van der Waals surface area contributed by atoms with Gasteiger partial charge < -0.3 is 5.32 Å².